The van der Waals surface area contributed by atoms with E-state index in [1.807, 2.05) is 18.2 Å². The van der Waals surface area contributed by atoms with Crippen molar-refractivity contribution in [2.45, 2.75) is 45.3 Å². The van der Waals surface area contributed by atoms with Gasteiger partial charge in [-0.05, 0) is 38.7 Å². The van der Waals surface area contributed by atoms with Crippen LogP contribution in [0.4, 0.5) is 0 Å². The summed E-state index contributed by atoms with van der Waals surface area (Å²) in [6.45, 7) is 6.57. The molecule has 1 aromatic carbocycles. The molecular weight excluding hydrogens is 286 g/mol. The first kappa shape index (κ1) is 17.5. The highest BCUT2D eigenvalue weighted by Gasteiger charge is 2.11. The quantitative estimate of drug-likeness (QED) is 0.334. The molecule has 1 atom stereocenters. The Balaban J connectivity index is 1.66. The van der Waals surface area contributed by atoms with Gasteiger partial charge in [-0.3, -0.25) is 4.99 Å². The van der Waals surface area contributed by atoms with Gasteiger partial charge in [0, 0.05) is 25.7 Å². The van der Waals surface area contributed by atoms with Crippen molar-refractivity contribution in [1.82, 2.24) is 10.6 Å². The van der Waals surface area contributed by atoms with Crippen LogP contribution in [0.2, 0.25) is 0 Å². The molecule has 23 heavy (non-hydrogen) atoms. The largest absolute Gasteiger partial charge is 0.374 e. The first-order valence-corrected chi connectivity index (χ1v) is 8.66. The zero-order valence-corrected chi connectivity index (χ0v) is 14.3. The van der Waals surface area contributed by atoms with Crippen LogP contribution in [0.5, 0.6) is 0 Å². The van der Waals surface area contributed by atoms with Gasteiger partial charge in [-0.2, -0.15) is 0 Å². The summed E-state index contributed by atoms with van der Waals surface area (Å²) in [5.41, 5.74) is 1.22. The molecule has 0 aliphatic heterocycles. The van der Waals surface area contributed by atoms with Gasteiger partial charge in [0.1, 0.15) is 0 Å². The molecule has 1 aliphatic carbocycles. The Morgan fingerprint density at radius 1 is 1.26 bits per heavy atom. The molecule has 0 amide bonds. The zero-order valence-electron chi connectivity index (χ0n) is 14.3. The van der Waals surface area contributed by atoms with Crippen LogP contribution in [0.25, 0.3) is 0 Å². The highest BCUT2D eigenvalue weighted by molar-refractivity contribution is 5.80. The maximum absolute atomic E-state index is 5.88. The number of rotatable bonds is 8. The number of nitrogens with zero attached hydrogens (tertiary/aromatic N) is 1. The SMILES string of the molecule is CCNC(=NCCCOC(C)c1ccccc1)NC1CC=CC1. The van der Waals surface area contributed by atoms with Gasteiger partial charge in [0.05, 0.1) is 6.10 Å². The van der Waals surface area contributed by atoms with E-state index >= 15 is 0 Å². The fourth-order valence-corrected chi connectivity index (χ4v) is 2.58. The molecule has 4 heteroatoms. The van der Waals surface area contributed by atoms with Crippen LogP contribution in [-0.4, -0.2) is 31.7 Å². The van der Waals surface area contributed by atoms with Crippen molar-refractivity contribution >= 4 is 5.96 Å². The Hall–Kier alpha value is -1.81. The highest BCUT2D eigenvalue weighted by Crippen LogP contribution is 2.15. The second-order valence-electron chi connectivity index (χ2n) is 5.82. The Bertz CT molecular complexity index is 491. The molecule has 0 spiro atoms. The van der Waals surface area contributed by atoms with E-state index in [4.69, 9.17) is 4.74 Å². The number of hydrogen-bond acceptors (Lipinski definition) is 2. The van der Waals surface area contributed by atoms with E-state index in [0.29, 0.717) is 6.04 Å². The fraction of sp³-hybridized carbons (Fsp3) is 0.526. The van der Waals surface area contributed by atoms with Crippen LogP contribution >= 0.6 is 0 Å². The molecule has 0 saturated carbocycles. The third-order valence-electron chi connectivity index (χ3n) is 3.90. The van der Waals surface area contributed by atoms with Crippen LogP contribution in [0, 0.1) is 0 Å². The second kappa shape index (κ2) is 10.1. The topological polar surface area (TPSA) is 45.7 Å². The molecule has 4 nitrogen and oxygen atoms in total. The summed E-state index contributed by atoms with van der Waals surface area (Å²) < 4.78 is 5.88. The number of ether oxygens (including phenoxy) is 1. The normalized spacial score (nSPS) is 16.5. The number of benzene rings is 1. The summed E-state index contributed by atoms with van der Waals surface area (Å²) in [6, 6.07) is 10.8. The van der Waals surface area contributed by atoms with Gasteiger partial charge in [-0.1, -0.05) is 42.5 Å². The van der Waals surface area contributed by atoms with E-state index in [1.54, 1.807) is 0 Å². The standard InChI is InChI=1S/C19H29N3O/c1-3-20-19(22-18-12-7-8-13-18)21-14-9-15-23-16(2)17-10-5-4-6-11-17/h4-8,10-11,16,18H,3,9,12-15H2,1-2H3,(H2,20,21,22). The number of aliphatic imine (C=N–C) groups is 1. The summed E-state index contributed by atoms with van der Waals surface area (Å²) >= 11 is 0. The van der Waals surface area contributed by atoms with E-state index in [0.717, 1.165) is 44.9 Å². The van der Waals surface area contributed by atoms with E-state index in [2.05, 4.69) is 53.8 Å². The highest BCUT2D eigenvalue weighted by atomic mass is 16.5. The third-order valence-corrected chi connectivity index (χ3v) is 3.90. The van der Waals surface area contributed by atoms with Gasteiger partial charge in [-0.15, -0.1) is 0 Å². The third kappa shape index (κ3) is 6.45. The van der Waals surface area contributed by atoms with Crippen molar-refractivity contribution < 1.29 is 4.74 Å². The molecule has 0 heterocycles. The van der Waals surface area contributed by atoms with Crippen molar-refractivity contribution in [3.8, 4) is 0 Å². The van der Waals surface area contributed by atoms with E-state index in [1.165, 1.54) is 5.56 Å². The Kier molecular flexibility index (Phi) is 7.67. The zero-order chi connectivity index (χ0) is 16.3. The predicted molar refractivity (Wildman–Crippen MR) is 96.7 cm³/mol. The van der Waals surface area contributed by atoms with Crippen molar-refractivity contribution in [3.63, 3.8) is 0 Å². The first-order chi connectivity index (χ1) is 11.3. The van der Waals surface area contributed by atoms with E-state index in [9.17, 15) is 0 Å². The lowest BCUT2D eigenvalue weighted by atomic mass is 10.1. The molecule has 1 aliphatic rings. The molecule has 0 radical (unpaired) electrons. The van der Waals surface area contributed by atoms with Crippen LogP contribution in [0.15, 0.2) is 47.5 Å². The minimum absolute atomic E-state index is 0.135. The summed E-state index contributed by atoms with van der Waals surface area (Å²) in [5, 5.41) is 6.78. The lowest BCUT2D eigenvalue weighted by Crippen LogP contribution is -2.42. The van der Waals surface area contributed by atoms with Crippen molar-refractivity contribution in [1.29, 1.82) is 0 Å². The molecule has 2 rings (SSSR count). The lowest BCUT2D eigenvalue weighted by molar-refractivity contribution is 0.0652. The Labute approximate surface area is 140 Å². The molecule has 2 N–H and O–H groups in total. The maximum Gasteiger partial charge on any atom is 0.191 e. The minimum Gasteiger partial charge on any atom is -0.374 e. The summed E-state index contributed by atoms with van der Waals surface area (Å²) in [4.78, 5) is 4.63. The van der Waals surface area contributed by atoms with Gasteiger partial charge in [-0.25, -0.2) is 0 Å². The molecule has 1 aromatic rings. The first-order valence-electron chi connectivity index (χ1n) is 8.66. The molecular formula is C19H29N3O. The lowest BCUT2D eigenvalue weighted by Gasteiger charge is -2.17. The average molecular weight is 315 g/mol. The maximum atomic E-state index is 5.88. The summed E-state index contributed by atoms with van der Waals surface area (Å²) in [6.07, 6.45) is 7.68. The van der Waals surface area contributed by atoms with E-state index < -0.39 is 0 Å². The predicted octanol–water partition coefficient (Wildman–Crippen LogP) is 3.43. The van der Waals surface area contributed by atoms with Crippen LogP contribution in [0.1, 0.15) is 44.8 Å². The second-order valence-corrected chi connectivity index (χ2v) is 5.82. The molecule has 0 aromatic heterocycles. The monoisotopic (exact) mass is 315 g/mol. The van der Waals surface area contributed by atoms with Crippen LogP contribution in [-0.2, 0) is 4.74 Å². The molecule has 126 valence electrons. The van der Waals surface area contributed by atoms with Gasteiger partial charge in [0.25, 0.3) is 0 Å². The molecule has 0 bridgehead atoms. The Morgan fingerprint density at radius 2 is 2.00 bits per heavy atom. The van der Waals surface area contributed by atoms with Crippen LogP contribution < -0.4 is 10.6 Å². The Morgan fingerprint density at radius 3 is 2.70 bits per heavy atom. The van der Waals surface area contributed by atoms with Crippen molar-refractivity contribution in [2.75, 3.05) is 19.7 Å². The van der Waals surface area contributed by atoms with Gasteiger partial charge < -0.3 is 15.4 Å². The smallest absolute Gasteiger partial charge is 0.191 e. The van der Waals surface area contributed by atoms with Gasteiger partial charge in [0.15, 0.2) is 5.96 Å². The average Bonchev–Trinajstić information content (AvgIpc) is 3.08. The van der Waals surface area contributed by atoms with Gasteiger partial charge in [0.2, 0.25) is 0 Å². The van der Waals surface area contributed by atoms with Gasteiger partial charge >= 0.3 is 0 Å². The molecule has 0 saturated heterocycles. The number of guanidine groups is 1. The summed E-state index contributed by atoms with van der Waals surface area (Å²) in [7, 11) is 0. The van der Waals surface area contributed by atoms with Crippen molar-refractivity contribution in [2.24, 2.45) is 4.99 Å². The van der Waals surface area contributed by atoms with Crippen molar-refractivity contribution in [3.05, 3.63) is 48.0 Å². The van der Waals surface area contributed by atoms with Crippen LogP contribution in [0.3, 0.4) is 0 Å². The summed E-state index contributed by atoms with van der Waals surface area (Å²) in [5.74, 6) is 0.914. The molecule has 1 unspecified atom stereocenters. The number of hydrogen-bond donors (Lipinski definition) is 2. The fourth-order valence-electron chi connectivity index (χ4n) is 2.58. The van der Waals surface area contributed by atoms with E-state index in [-0.39, 0.29) is 6.10 Å². The minimum atomic E-state index is 0.135. The molecule has 0 fully saturated rings. The number of nitrogens with one attached hydrogen (secondary N) is 2.